The maximum absolute atomic E-state index is 11.5. The number of carbonyl (C=O) groups is 1. The zero-order valence-corrected chi connectivity index (χ0v) is 14.1. The Hall–Kier alpha value is -4.00. The molecule has 0 saturated carbocycles. The van der Waals surface area contributed by atoms with E-state index in [2.05, 4.69) is 20.4 Å². The fraction of sp³-hybridized carbons (Fsp3) is 0. The van der Waals surface area contributed by atoms with Gasteiger partial charge < -0.3 is 10.4 Å². The van der Waals surface area contributed by atoms with E-state index in [4.69, 9.17) is 0 Å². The lowest BCUT2D eigenvalue weighted by atomic mass is 10.1. The Morgan fingerprint density at radius 1 is 0.963 bits per heavy atom. The Labute approximate surface area is 155 Å². The van der Waals surface area contributed by atoms with Gasteiger partial charge in [-0.1, -0.05) is 30.3 Å². The summed E-state index contributed by atoms with van der Waals surface area (Å²) in [4.78, 5) is 19.6. The lowest BCUT2D eigenvalue weighted by Crippen LogP contribution is -2.07. The van der Waals surface area contributed by atoms with Crippen LogP contribution in [0.1, 0.15) is 10.4 Å². The molecule has 7 nitrogen and oxygen atoms in total. The van der Waals surface area contributed by atoms with Gasteiger partial charge in [-0.15, -0.1) is 0 Å². The third-order valence-corrected chi connectivity index (χ3v) is 4.00. The normalized spacial score (nSPS) is 10.5. The first-order valence-corrected chi connectivity index (χ1v) is 8.22. The van der Waals surface area contributed by atoms with Crippen molar-refractivity contribution in [1.29, 1.82) is 0 Å². The van der Waals surface area contributed by atoms with Crippen LogP contribution in [-0.4, -0.2) is 30.8 Å². The van der Waals surface area contributed by atoms with Gasteiger partial charge >= 0.3 is 5.97 Å². The van der Waals surface area contributed by atoms with E-state index in [1.807, 2.05) is 48.5 Å². The molecular formula is C20H15N5O2. The topological polar surface area (TPSA) is 92.9 Å². The number of nitrogens with one attached hydrogen (secondary N) is 1. The Kier molecular flexibility index (Phi) is 4.32. The first-order chi connectivity index (χ1) is 13.2. The summed E-state index contributed by atoms with van der Waals surface area (Å²) < 4.78 is 1.71. The molecule has 0 radical (unpaired) electrons. The van der Waals surface area contributed by atoms with Crippen molar-refractivity contribution in [2.45, 2.75) is 0 Å². The molecule has 27 heavy (non-hydrogen) atoms. The average molecular weight is 357 g/mol. The molecule has 132 valence electrons. The standard InChI is InChI=1S/C20H15N5O2/c26-20(27)16-8-11-22-13-18(16)23-19-12-17(14-4-2-1-3-5-14)24-25(19)15-6-9-21-10-7-15/h1-13,23H,(H,26,27). The largest absolute Gasteiger partial charge is 0.478 e. The molecule has 0 fully saturated rings. The van der Waals surface area contributed by atoms with Crippen molar-refractivity contribution in [1.82, 2.24) is 19.7 Å². The van der Waals surface area contributed by atoms with Gasteiger partial charge in [0, 0.05) is 30.2 Å². The highest BCUT2D eigenvalue weighted by Gasteiger charge is 2.15. The number of aromatic carboxylic acids is 1. The third-order valence-electron chi connectivity index (χ3n) is 4.00. The summed E-state index contributed by atoms with van der Waals surface area (Å²) in [7, 11) is 0. The first-order valence-electron chi connectivity index (χ1n) is 8.22. The number of aromatic nitrogens is 4. The average Bonchev–Trinajstić information content (AvgIpc) is 3.13. The fourth-order valence-corrected chi connectivity index (χ4v) is 2.72. The Bertz CT molecular complexity index is 1080. The molecule has 0 aliphatic rings. The second-order valence-electron chi connectivity index (χ2n) is 5.75. The van der Waals surface area contributed by atoms with Crippen LogP contribution in [0.25, 0.3) is 16.9 Å². The number of hydrogen-bond acceptors (Lipinski definition) is 5. The zero-order valence-electron chi connectivity index (χ0n) is 14.1. The third kappa shape index (κ3) is 3.38. The van der Waals surface area contributed by atoms with E-state index in [0.29, 0.717) is 11.5 Å². The molecule has 0 bridgehead atoms. The van der Waals surface area contributed by atoms with Crippen LogP contribution >= 0.6 is 0 Å². The quantitative estimate of drug-likeness (QED) is 0.565. The summed E-state index contributed by atoms with van der Waals surface area (Å²) in [6.45, 7) is 0. The van der Waals surface area contributed by atoms with Gasteiger partial charge in [0.25, 0.3) is 0 Å². The molecule has 0 atom stereocenters. The molecule has 0 saturated heterocycles. The van der Waals surface area contributed by atoms with Gasteiger partial charge in [0.15, 0.2) is 0 Å². The van der Waals surface area contributed by atoms with Crippen molar-refractivity contribution < 1.29 is 9.90 Å². The van der Waals surface area contributed by atoms with Crippen LogP contribution in [0, 0.1) is 0 Å². The van der Waals surface area contributed by atoms with Gasteiger partial charge in [0.1, 0.15) is 5.82 Å². The van der Waals surface area contributed by atoms with Gasteiger partial charge in [0.2, 0.25) is 0 Å². The molecule has 3 heterocycles. The number of carboxylic acid groups (broad SMARTS) is 1. The van der Waals surface area contributed by atoms with Gasteiger partial charge in [-0.3, -0.25) is 9.97 Å². The summed E-state index contributed by atoms with van der Waals surface area (Å²) in [5.74, 6) is -0.409. The molecule has 0 unspecified atom stereocenters. The monoisotopic (exact) mass is 357 g/mol. The Morgan fingerprint density at radius 3 is 2.44 bits per heavy atom. The number of pyridine rings is 2. The molecule has 1 aromatic carbocycles. The summed E-state index contributed by atoms with van der Waals surface area (Å²) in [5.41, 5.74) is 3.04. The fourth-order valence-electron chi connectivity index (χ4n) is 2.72. The first kappa shape index (κ1) is 16.5. The van der Waals surface area contributed by atoms with Crippen LogP contribution in [0.15, 0.2) is 79.4 Å². The minimum absolute atomic E-state index is 0.133. The van der Waals surface area contributed by atoms with Crippen LogP contribution < -0.4 is 5.32 Å². The minimum Gasteiger partial charge on any atom is -0.478 e. The highest BCUT2D eigenvalue weighted by atomic mass is 16.4. The molecule has 0 spiro atoms. The molecule has 7 heteroatoms. The molecule has 0 aliphatic carbocycles. The number of anilines is 2. The maximum Gasteiger partial charge on any atom is 0.337 e. The number of rotatable bonds is 5. The molecule has 0 amide bonds. The summed E-state index contributed by atoms with van der Waals surface area (Å²) in [5, 5.41) is 17.2. The summed E-state index contributed by atoms with van der Waals surface area (Å²) in [6, 6.07) is 16.7. The van der Waals surface area contributed by atoms with E-state index in [0.717, 1.165) is 16.9 Å². The van der Waals surface area contributed by atoms with E-state index in [-0.39, 0.29) is 5.56 Å². The van der Waals surface area contributed by atoms with Crippen LogP contribution in [0.2, 0.25) is 0 Å². The van der Waals surface area contributed by atoms with Gasteiger partial charge in [-0.2, -0.15) is 5.10 Å². The molecule has 3 aromatic heterocycles. The van der Waals surface area contributed by atoms with E-state index in [1.54, 1.807) is 17.1 Å². The second-order valence-corrected chi connectivity index (χ2v) is 5.75. The van der Waals surface area contributed by atoms with Crippen molar-refractivity contribution in [2.24, 2.45) is 0 Å². The minimum atomic E-state index is -1.03. The number of benzene rings is 1. The maximum atomic E-state index is 11.5. The van der Waals surface area contributed by atoms with E-state index < -0.39 is 5.97 Å². The predicted octanol–water partition coefficient (Wildman–Crippen LogP) is 3.77. The summed E-state index contributed by atoms with van der Waals surface area (Å²) >= 11 is 0. The lowest BCUT2D eigenvalue weighted by Gasteiger charge is -2.11. The van der Waals surface area contributed by atoms with Crippen molar-refractivity contribution in [3.8, 4) is 16.9 Å². The highest BCUT2D eigenvalue weighted by molar-refractivity contribution is 5.94. The molecule has 4 aromatic rings. The Morgan fingerprint density at radius 2 is 1.70 bits per heavy atom. The smallest absolute Gasteiger partial charge is 0.337 e. The predicted molar refractivity (Wildman–Crippen MR) is 101 cm³/mol. The van der Waals surface area contributed by atoms with Crippen LogP contribution in [0.4, 0.5) is 11.5 Å². The van der Waals surface area contributed by atoms with Crippen molar-refractivity contribution in [3.05, 3.63) is 84.9 Å². The van der Waals surface area contributed by atoms with Crippen LogP contribution in [-0.2, 0) is 0 Å². The second kappa shape index (κ2) is 7.09. The van der Waals surface area contributed by atoms with Crippen molar-refractivity contribution >= 4 is 17.5 Å². The molecule has 4 rings (SSSR count). The number of hydrogen-bond donors (Lipinski definition) is 2. The molecular weight excluding hydrogens is 342 g/mol. The van der Waals surface area contributed by atoms with Gasteiger partial charge in [-0.05, 0) is 18.2 Å². The van der Waals surface area contributed by atoms with Gasteiger partial charge in [0.05, 0.1) is 28.8 Å². The van der Waals surface area contributed by atoms with Crippen molar-refractivity contribution in [3.63, 3.8) is 0 Å². The van der Waals surface area contributed by atoms with E-state index >= 15 is 0 Å². The van der Waals surface area contributed by atoms with Crippen molar-refractivity contribution in [2.75, 3.05) is 5.32 Å². The molecule has 0 aliphatic heterocycles. The molecule has 2 N–H and O–H groups in total. The summed E-state index contributed by atoms with van der Waals surface area (Å²) in [6.07, 6.45) is 6.28. The highest BCUT2D eigenvalue weighted by Crippen LogP contribution is 2.27. The van der Waals surface area contributed by atoms with E-state index in [1.165, 1.54) is 18.5 Å². The number of nitrogens with zero attached hydrogens (tertiary/aromatic N) is 4. The Balaban J connectivity index is 1.82. The lowest BCUT2D eigenvalue weighted by molar-refractivity contribution is 0.0698. The van der Waals surface area contributed by atoms with Crippen LogP contribution in [0.5, 0.6) is 0 Å². The number of carboxylic acids is 1. The zero-order chi connectivity index (χ0) is 18.6. The SMILES string of the molecule is O=C(O)c1ccncc1Nc1cc(-c2ccccc2)nn1-c1ccncc1. The van der Waals surface area contributed by atoms with Gasteiger partial charge in [-0.25, -0.2) is 9.48 Å². The van der Waals surface area contributed by atoms with E-state index in [9.17, 15) is 9.90 Å². The van der Waals surface area contributed by atoms with Crippen LogP contribution in [0.3, 0.4) is 0 Å².